The maximum Gasteiger partial charge on any atom is 0.263 e. The topological polar surface area (TPSA) is 75.3 Å². The Hall–Kier alpha value is -1.76. The van der Waals surface area contributed by atoms with Gasteiger partial charge in [0.2, 0.25) is 0 Å². The smallest absolute Gasteiger partial charge is 0.263 e. The molecular formula is C16H14Cl2N2O3S. The summed E-state index contributed by atoms with van der Waals surface area (Å²) in [6.07, 6.45) is 0.719. The van der Waals surface area contributed by atoms with Gasteiger partial charge in [0.05, 0.1) is 5.02 Å². The number of aryl methyl sites for hydroxylation is 1. The van der Waals surface area contributed by atoms with E-state index in [-0.39, 0.29) is 15.8 Å². The SMILES string of the molecule is Cc1cc(S(=O)(=O)Nc2ccc3c(c2)C(=O)NCC3)c(Cl)cc1Cl. The van der Waals surface area contributed by atoms with Crippen LogP contribution in [-0.2, 0) is 16.4 Å². The van der Waals surface area contributed by atoms with Gasteiger partial charge in [0.1, 0.15) is 4.90 Å². The first-order valence-electron chi connectivity index (χ1n) is 7.17. The summed E-state index contributed by atoms with van der Waals surface area (Å²) >= 11 is 12.0. The van der Waals surface area contributed by atoms with E-state index >= 15 is 0 Å². The molecule has 1 aliphatic heterocycles. The molecule has 0 unspecified atom stereocenters. The van der Waals surface area contributed by atoms with E-state index in [9.17, 15) is 13.2 Å². The van der Waals surface area contributed by atoms with E-state index in [0.717, 1.165) is 12.0 Å². The third-order valence-electron chi connectivity index (χ3n) is 3.79. The fourth-order valence-corrected chi connectivity index (χ4v) is 4.40. The minimum atomic E-state index is -3.90. The first kappa shape index (κ1) is 17.1. The number of rotatable bonds is 3. The number of hydrogen-bond donors (Lipinski definition) is 2. The van der Waals surface area contributed by atoms with E-state index in [2.05, 4.69) is 10.0 Å². The van der Waals surface area contributed by atoms with Crippen molar-refractivity contribution in [3.8, 4) is 0 Å². The molecular weight excluding hydrogens is 371 g/mol. The zero-order valence-electron chi connectivity index (χ0n) is 12.7. The molecule has 0 radical (unpaired) electrons. The minimum absolute atomic E-state index is 0.0359. The van der Waals surface area contributed by atoms with Gasteiger partial charge in [0.25, 0.3) is 15.9 Å². The number of anilines is 1. The van der Waals surface area contributed by atoms with E-state index < -0.39 is 10.0 Å². The van der Waals surface area contributed by atoms with E-state index in [0.29, 0.717) is 28.4 Å². The van der Waals surface area contributed by atoms with Gasteiger partial charge in [-0.15, -0.1) is 0 Å². The summed E-state index contributed by atoms with van der Waals surface area (Å²) in [5.74, 6) is -0.210. The molecule has 2 aromatic rings. The van der Waals surface area contributed by atoms with Crippen LogP contribution < -0.4 is 10.0 Å². The van der Waals surface area contributed by atoms with Gasteiger partial charge in [-0.1, -0.05) is 29.3 Å². The number of nitrogens with one attached hydrogen (secondary N) is 2. The number of sulfonamides is 1. The van der Waals surface area contributed by atoms with E-state index in [4.69, 9.17) is 23.2 Å². The Bertz CT molecular complexity index is 943. The molecule has 1 heterocycles. The third-order valence-corrected chi connectivity index (χ3v) is 6.04. The monoisotopic (exact) mass is 384 g/mol. The molecule has 0 spiro atoms. The zero-order chi connectivity index (χ0) is 17.5. The van der Waals surface area contributed by atoms with Gasteiger partial charge in [-0.2, -0.15) is 0 Å². The van der Waals surface area contributed by atoms with Crippen LogP contribution in [0.1, 0.15) is 21.5 Å². The van der Waals surface area contributed by atoms with Crippen LogP contribution in [0.3, 0.4) is 0 Å². The number of carbonyl (C=O) groups is 1. The second kappa shape index (κ2) is 6.27. The lowest BCUT2D eigenvalue weighted by Gasteiger charge is -2.18. The van der Waals surface area contributed by atoms with Gasteiger partial charge >= 0.3 is 0 Å². The molecule has 0 bridgehead atoms. The summed E-state index contributed by atoms with van der Waals surface area (Å²) < 4.78 is 27.7. The van der Waals surface area contributed by atoms with Crippen molar-refractivity contribution in [3.05, 3.63) is 57.1 Å². The van der Waals surface area contributed by atoms with Crippen LogP contribution >= 0.6 is 23.2 Å². The van der Waals surface area contributed by atoms with E-state index in [1.807, 2.05) is 0 Å². The average Bonchev–Trinajstić information content (AvgIpc) is 2.51. The molecule has 2 aromatic carbocycles. The third kappa shape index (κ3) is 3.22. The molecule has 126 valence electrons. The van der Waals surface area contributed by atoms with Crippen LogP contribution in [0.4, 0.5) is 5.69 Å². The zero-order valence-corrected chi connectivity index (χ0v) is 15.0. The molecule has 0 aliphatic carbocycles. The Labute approximate surface area is 150 Å². The Morgan fingerprint density at radius 3 is 2.62 bits per heavy atom. The minimum Gasteiger partial charge on any atom is -0.352 e. The number of amides is 1. The highest BCUT2D eigenvalue weighted by Gasteiger charge is 2.22. The van der Waals surface area contributed by atoms with Gasteiger partial charge in [0, 0.05) is 22.8 Å². The maximum atomic E-state index is 12.6. The standard InChI is InChI=1S/C16H14Cl2N2O3S/c1-9-6-15(14(18)8-13(9)17)24(22,23)20-11-3-2-10-4-5-19-16(21)12(10)7-11/h2-3,6-8,20H,4-5H2,1H3,(H,19,21). The molecule has 24 heavy (non-hydrogen) atoms. The van der Waals surface area contributed by atoms with Crippen LogP contribution in [0.2, 0.25) is 10.0 Å². The molecule has 0 saturated carbocycles. The van der Waals surface area contributed by atoms with Crippen molar-refractivity contribution in [2.75, 3.05) is 11.3 Å². The Morgan fingerprint density at radius 1 is 1.12 bits per heavy atom. The van der Waals surface area contributed by atoms with Crippen molar-refractivity contribution in [1.82, 2.24) is 5.32 Å². The highest BCUT2D eigenvalue weighted by atomic mass is 35.5. The second-order valence-electron chi connectivity index (χ2n) is 5.52. The summed E-state index contributed by atoms with van der Waals surface area (Å²) in [5, 5.41) is 3.16. The van der Waals surface area contributed by atoms with Gasteiger partial charge < -0.3 is 5.32 Å². The van der Waals surface area contributed by atoms with Crippen molar-refractivity contribution < 1.29 is 13.2 Å². The highest BCUT2D eigenvalue weighted by Crippen LogP contribution is 2.30. The molecule has 0 aromatic heterocycles. The molecule has 2 N–H and O–H groups in total. The van der Waals surface area contributed by atoms with Crippen molar-refractivity contribution >= 4 is 44.8 Å². The van der Waals surface area contributed by atoms with Gasteiger partial charge in [0.15, 0.2) is 0 Å². The molecule has 3 rings (SSSR count). The van der Waals surface area contributed by atoms with Crippen LogP contribution in [0.25, 0.3) is 0 Å². The predicted molar refractivity (Wildman–Crippen MR) is 94.5 cm³/mol. The molecule has 0 atom stereocenters. The Balaban J connectivity index is 1.97. The van der Waals surface area contributed by atoms with Crippen molar-refractivity contribution in [3.63, 3.8) is 0 Å². The average molecular weight is 385 g/mol. The molecule has 1 amide bonds. The summed E-state index contributed by atoms with van der Waals surface area (Å²) in [6, 6.07) is 7.72. The fraction of sp³-hybridized carbons (Fsp3) is 0.188. The molecule has 0 saturated heterocycles. The van der Waals surface area contributed by atoms with Crippen molar-refractivity contribution in [2.24, 2.45) is 0 Å². The largest absolute Gasteiger partial charge is 0.352 e. The lowest BCUT2D eigenvalue weighted by Crippen LogP contribution is -2.31. The lowest BCUT2D eigenvalue weighted by atomic mass is 10.00. The Kier molecular flexibility index (Phi) is 4.46. The van der Waals surface area contributed by atoms with Crippen LogP contribution in [0, 0.1) is 6.92 Å². The summed E-state index contributed by atoms with van der Waals surface area (Å²) in [4.78, 5) is 11.8. The van der Waals surface area contributed by atoms with Crippen molar-refractivity contribution in [1.29, 1.82) is 0 Å². The number of hydrogen-bond acceptors (Lipinski definition) is 3. The number of benzene rings is 2. The van der Waals surface area contributed by atoms with Crippen molar-refractivity contribution in [2.45, 2.75) is 18.2 Å². The normalized spacial score (nSPS) is 14.0. The molecule has 8 heteroatoms. The van der Waals surface area contributed by atoms with E-state index in [1.54, 1.807) is 19.1 Å². The molecule has 0 fully saturated rings. The fourth-order valence-electron chi connectivity index (χ4n) is 2.52. The molecule has 1 aliphatic rings. The number of halogens is 2. The van der Waals surface area contributed by atoms with Crippen LogP contribution in [0.5, 0.6) is 0 Å². The number of carbonyl (C=O) groups excluding carboxylic acids is 1. The lowest BCUT2D eigenvalue weighted by molar-refractivity contribution is 0.0946. The maximum absolute atomic E-state index is 12.6. The van der Waals surface area contributed by atoms with Gasteiger partial charge in [-0.3, -0.25) is 9.52 Å². The van der Waals surface area contributed by atoms with Crippen LogP contribution in [-0.4, -0.2) is 20.9 Å². The van der Waals surface area contributed by atoms with Crippen LogP contribution in [0.15, 0.2) is 35.2 Å². The second-order valence-corrected chi connectivity index (χ2v) is 7.98. The summed E-state index contributed by atoms with van der Waals surface area (Å²) in [7, 11) is -3.90. The number of fused-ring (bicyclic) bond motifs is 1. The van der Waals surface area contributed by atoms with E-state index in [1.165, 1.54) is 18.2 Å². The first-order valence-corrected chi connectivity index (χ1v) is 9.41. The predicted octanol–water partition coefficient (Wildman–Crippen LogP) is 3.39. The summed E-state index contributed by atoms with van der Waals surface area (Å²) in [6.45, 7) is 2.28. The van der Waals surface area contributed by atoms with Gasteiger partial charge in [-0.25, -0.2) is 8.42 Å². The first-order chi connectivity index (χ1) is 11.3. The molecule has 5 nitrogen and oxygen atoms in total. The Morgan fingerprint density at radius 2 is 1.88 bits per heavy atom. The quantitative estimate of drug-likeness (QED) is 0.851. The van der Waals surface area contributed by atoms with Gasteiger partial charge in [-0.05, 0) is 48.7 Å². The summed E-state index contributed by atoms with van der Waals surface area (Å²) in [5.41, 5.74) is 2.27. The highest BCUT2D eigenvalue weighted by molar-refractivity contribution is 7.92.